The van der Waals surface area contributed by atoms with E-state index >= 15 is 0 Å². The fraction of sp³-hybridized carbons (Fsp3) is 0.333. The molecule has 0 aliphatic rings. The van der Waals surface area contributed by atoms with Gasteiger partial charge in [-0.25, -0.2) is 4.98 Å². The molecule has 0 aromatic carbocycles. The summed E-state index contributed by atoms with van der Waals surface area (Å²) in [5, 5.41) is 31.0. The van der Waals surface area contributed by atoms with E-state index in [1.165, 1.54) is 22.7 Å². The molecular weight excluding hydrogens is 422 g/mol. The quantitative estimate of drug-likeness (QED) is 0.107. The van der Waals surface area contributed by atoms with Gasteiger partial charge in [-0.1, -0.05) is 6.07 Å². The second kappa shape index (κ2) is 11.5. The molecule has 0 saturated heterocycles. The summed E-state index contributed by atoms with van der Waals surface area (Å²) in [6, 6.07) is 3.66. The van der Waals surface area contributed by atoms with Crippen molar-refractivity contribution in [1.29, 1.82) is 0 Å². The third-order valence-corrected chi connectivity index (χ3v) is 5.92. The van der Waals surface area contributed by atoms with Gasteiger partial charge in [0.05, 0.1) is 10.6 Å². The van der Waals surface area contributed by atoms with Crippen LogP contribution in [-0.4, -0.2) is 39.8 Å². The Bertz CT molecular complexity index is 804. The molecule has 0 aliphatic carbocycles. The Labute approximate surface area is 173 Å². The Morgan fingerprint density at radius 2 is 2.29 bits per heavy atom. The van der Waals surface area contributed by atoms with Crippen LogP contribution < -0.4 is 22.1 Å². The van der Waals surface area contributed by atoms with Gasteiger partial charge >= 0.3 is 0 Å². The van der Waals surface area contributed by atoms with Crippen LogP contribution in [0.5, 0.6) is 0 Å². The molecule has 7 N–H and O–H groups in total. The van der Waals surface area contributed by atoms with Crippen LogP contribution in [0.4, 0.5) is 5.13 Å². The van der Waals surface area contributed by atoms with Gasteiger partial charge in [-0.3, -0.25) is 10.1 Å². The van der Waals surface area contributed by atoms with Crippen LogP contribution in [0.3, 0.4) is 0 Å². The molecule has 0 saturated carbocycles. The van der Waals surface area contributed by atoms with Gasteiger partial charge in [0, 0.05) is 34.9 Å². The molecular formula is C15H21N7O3S3. The molecule has 2 rings (SSSR count). The van der Waals surface area contributed by atoms with E-state index in [2.05, 4.69) is 20.6 Å². The van der Waals surface area contributed by atoms with Crippen LogP contribution in [0.2, 0.25) is 0 Å². The van der Waals surface area contributed by atoms with E-state index in [-0.39, 0.29) is 18.3 Å². The number of aliphatic imine (C=N–C) groups is 1. The van der Waals surface area contributed by atoms with Crippen molar-refractivity contribution in [3.8, 4) is 0 Å². The minimum Gasteiger partial charge on any atom is -0.386 e. The van der Waals surface area contributed by atoms with E-state index in [0.29, 0.717) is 23.2 Å². The Hall–Kier alpha value is -2.35. The predicted octanol–water partition coefficient (Wildman–Crippen LogP) is 1.33. The number of nitrogens with zero attached hydrogens (tertiary/aromatic N) is 3. The Morgan fingerprint density at radius 1 is 1.46 bits per heavy atom. The van der Waals surface area contributed by atoms with Gasteiger partial charge in [-0.2, -0.15) is 16.8 Å². The van der Waals surface area contributed by atoms with Crippen LogP contribution in [-0.2, 0) is 5.75 Å². The molecule has 152 valence electrons. The fourth-order valence-electron chi connectivity index (χ4n) is 2.01. The van der Waals surface area contributed by atoms with Crippen molar-refractivity contribution in [2.75, 3.05) is 18.8 Å². The molecule has 28 heavy (non-hydrogen) atoms. The molecule has 1 atom stereocenters. The summed E-state index contributed by atoms with van der Waals surface area (Å²) in [6.45, 7) is 0.685. The first-order valence-corrected chi connectivity index (χ1v) is 11.0. The average molecular weight is 444 g/mol. The molecule has 2 heterocycles. The average Bonchev–Trinajstić information content (AvgIpc) is 3.30. The summed E-state index contributed by atoms with van der Waals surface area (Å²) in [5.41, 5.74) is 11.5. The van der Waals surface area contributed by atoms with Gasteiger partial charge in [-0.15, -0.1) is 22.7 Å². The van der Waals surface area contributed by atoms with Gasteiger partial charge in [0.2, 0.25) is 5.13 Å². The monoisotopic (exact) mass is 443 g/mol. The van der Waals surface area contributed by atoms with Crippen LogP contribution >= 0.6 is 34.4 Å². The predicted molar refractivity (Wildman–Crippen MR) is 114 cm³/mol. The largest absolute Gasteiger partial charge is 0.386 e. The van der Waals surface area contributed by atoms with E-state index in [1.54, 1.807) is 11.8 Å². The van der Waals surface area contributed by atoms with E-state index < -0.39 is 11.0 Å². The third kappa shape index (κ3) is 8.12. The lowest BCUT2D eigenvalue weighted by molar-refractivity contribution is -0.404. The lowest BCUT2D eigenvalue weighted by Crippen LogP contribution is -2.31. The normalized spacial score (nSPS) is 12.4. The summed E-state index contributed by atoms with van der Waals surface area (Å²) in [5.74, 6) is 1.61. The van der Waals surface area contributed by atoms with Crippen molar-refractivity contribution in [3.63, 3.8) is 0 Å². The standard InChI is InChI=1S/C15H21N7O3S3/c16-14(17)21-15-20-10(9-28-15)8-26-5-3-18-13(7-22(24)25)19-6-11(23)12-2-1-4-27-12/h1-2,4,7,9,11,18-19,23H,3,5-6,8H2,(H4,16,17,20,21). The highest BCUT2D eigenvalue weighted by atomic mass is 32.2. The zero-order chi connectivity index (χ0) is 20.4. The number of nitro groups is 1. The summed E-state index contributed by atoms with van der Waals surface area (Å²) >= 11 is 4.41. The molecule has 2 aromatic rings. The Balaban J connectivity index is 1.72. The second-order valence-corrected chi connectivity index (χ2v) is 8.30. The minimum atomic E-state index is -0.726. The number of aliphatic hydroxyl groups excluding tert-OH is 1. The number of hydrogen-bond acceptors (Lipinski definition) is 10. The van der Waals surface area contributed by atoms with Crippen molar-refractivity contribution in [2.45, 2.75) is 11.9 Å². The van der Waals surface area contributed by atoms with E-state index in [1.807, 2.05) is 22.9 Å². The molecule has 10 nitrogen and oxygen atoms in total. The molecule has 0 bridgehead atoms. The fourth-order valence-corrected chi connectivity index (χ4v) is 4.28. The number of thiazole rings is 1. The molecule has 1 unspecified atom stereocenters. The summed E-state index contributed by atoms with van der Waals surface area (Å²) in [4.78, 5) is 19.2. The van der Waals surface area contributed by atoms with Crippen LogP contribution in [0.15, 0.2) is 39.9 Å². The highest BCUT2D eigenvalue weighted by molar-refractivity contribution is 7.98. The number of rotatable bonds is 12. The molecule has 0 amide bonds. The maximum absolute atomic E-state index is 10.8. The van der Waals surface area contributed by atoms with Gasteiger partial charge in [-0.05, 0) is 11.4 Å². The van der Waals surface area contributed by atoms with E-state index in [4.69, 9.17) is 11.5 Å². The first-order chi connectivity index (χ1) is 13.4. The number of thioether (sulfide) groups is 1. The van der Waals surface area contributed by atoms with Crippen molar-refractivity contribution < 1.29 is 10.0 Å². The van der Waals surface area contributed by atoms with Crippen molar-refractivity contribution in [3.05, 3.63) is 55.6 Å². The zero-order valence-corrected chi connectivity index (χ0v) is 17.2. The number of hydrogen-bond donors (Lipinski definition) is 5. The van der Waals surface area contributed by atoms with Gasteiger partial charge in [0.15, 0.2) is 11.8 Å². The second-order valence-electron chi connectivity index (χ2n) is 5.38. The van der Waals surface area contributed by atoms with Crippen LogP contribution in [0.1, 0.15) is 16.7 Å². The Kier molecular flexibility index (Phi) is 9.00. The number of nitrogens with two attached hydrogens (primary N) is 2. The maximum atomic E-state index is 10.8. The van der Waals surface area contributed by atoms with Gasteiger partial charge in [0.25, 0.3) is 6.20 Å². The number of aromatic nitrogens is 1. The highest BCUT2D eigenvalue weighted by Gasteiger charge is 2.10. The minimum absolute atomic E-state index is 0.0282. The SMILES string of the molecule is NC(N)=Nc1nc(CSCCNC(=C[N+](=O)[O-])NCC(O)c2cccs2)cs1. The number of aliphatic hydroxyl groups is 1. The van der Waals surface area contributed by atoms with E-state index in [0.717, 1.165) is 16.8 Å². The summed E-state index contributed by atoms with van der Waals surface area (Å²) in [6.07, 6.45) is 0.128. The smallest absolute Gasteiger partial charge is 0.274 e. The molecule has 0 aliphatic heterocycles. The number of guanidine groups is 1. The zero-order valence-electron chi connectivity index (χ0n) is 14.8. The van der Waals surface area contributed by atoms with Crippen LogP contribution in [0, 0.1) is 10.1 Å². The Morgan fingerprint density at radius 3 is 2.96 bits per heavy atom. The maximum Gasteiger partial charge on any atom is 0.274 e. The summed E-state index contributed by atoms with van der Waals surface area (Å²) < 4.78 is 0. The summed E-state index contributed by atoms with van der Waals surface area (Å²) in [7, 11) is 0. The topological polar surface area (TPSA) is 165 Å². The molecule has 0 fully saturated rings. The molecule has 13 heteroatoms. The number of thiophene rings is 1. The van der Waals surface area contributed by atoms with Crippen molar-refractivity contribution >= 4 is 45.5 Å². The van der Waals surface area contributed by atoms with E-state index in [9.17, 15) is 15.2 Å². The number of nitrogens with one attached hydrogen (secondary N) is 2. The highest BCUT2D eigenvalue weighted by Crippen LogP contribution is 2.21. The van der Waals surface area contributed by atoms with Crippen molar-refractivity contribution in [1.82, 2.24) is 15.6 Å². The third-order valence-electron chi connectivity index (χ3n) is 3.17. The first-order valence-electron chi connectivity index (χ1n) is 8.10. The lowest BCUT2D eigenvalue weighted by atomic mass is 10.3. The lowest BCUT2D eigenvalue weighted by Gasteiger charge is -2.14. The first kappa shape index (κ1) is 21.9. The van der Waals surface area contributed by atoms with Crippen LogP contribution in [0.25, 0.3) is 0 Å². The molecule has 0 spiro atoms. The van der Waals surface area contributed by atoms with Crippen molar-refractivity contribution in [2.24, 2.45) is 16.5 Å². The molecule has 2 aromatic heterocycles. The van der Waals surface area contributed by atoms with Gasteiger partial charge < -0.3 is 27.2 Å². The van der Waals surface area contributed by atoms with Gasteiger partial charge in [0.1, 0.15) is 6.10 Å². The molecule has 0 radical (unpaired) electrons.